The van der Waals surface area contributed by atoms with Crippen molar-refractivity contribution in [1.82, 2.24) is 0 Å². The van der Waals surface area contributed by atoms with Crippen molar-refractivity contribution in [3.05, 3.63) is 6.92 Å². The Labute approximate surface area is 55.5 Å². The Bertz CT molecular complexity index is 51.9. The highest BCUT2D eigenvalue weighted by Gasteiger charge is 2.07. The maximum atomic E-state index is 3.85. The molecule has 0 unspecified atom stereocenters. The molecule has 0 fully saturated rings. The lowest BCUT2D eigenvalue weighted by Gasteiger charge is -2.16. The molecular formula is C7H17Si. The summed E-state index contributed by atoms with van der Waals surface area (Å²) >= 11 is 0. The first-order chi connectivity index (χ1) is 3.56. The Morgan fingerprint density at radius 2 is 1.88 bits per heavy atom. The van der Waals surface area contributed by atoms with Gasteiger partial charge in [-0.25, -0.2) is 0 Å². The summed E-state index contributed by atoms with van der Waals surface area (Å²) in [6.45, 7) is 10.8. The van der Waals surface area contributed by atoms with E-state index in [1.165, 1.54) is 12.1 Å². The molecule has 49 valence electrons. The lowest BCUT2D eigenvalue weighted by atomic mass is 10.0. The highest BCUT2D eigenvalue weighted by molar-refractivity contribution is 6.35. The van der Waals surface area contributed by atoms with Crippen molar-refractivity contribution in [2.45, 2.75) is 32.9 Å². The fraction of sp³-hybridized carbons (Fsp3) is 0.857. The molecule has 0 spiro atoms. The van der Waals surface area contributed by atoms with Gasteiger partial charge in [0, 0.05) is 9.52 Å². The second kappa shape index (κ2) is 3.28. The van der Waals surface area contributed by atoms with Crippen molar-refractivity contribution in [1.29, 1.82) is 0 Å². The minimum atomic E-state index is 0.206. The molecule has 0 nitrogen and oxygen atoms in total. The molecule has 0 aliphatic heterocycles. The van der Waals surface area contributed by atoms with Gasteiger partial charge in [-0.15, -0.1) is 0 Å². The summed E-state index contributed by atoms with van der Waals surface area (Å²) in [4.78, 5) is 0. The summed E-state index contributed by atoms with van der Waals surface area (Å²) in [6, 6.07) is 2.66. The molecule has 0 saturated carbocycles. The van der Waals surface area contributed by atoms with Gasteiger partial charge in [0.1, 0.15) is 0 Å². The van der Waals surface area contributed by atoms with Crippen LogP contribution in [-0.2, 0) is 0 Å². The summed E-state index contributed by atoms with van der Waals surface area (Å²) in [6.07, 6.45) is 0. The smallest absolute Gasteiger partial charge is 0.0203 e. The van der Waals surface area contributed by atoms with Gasteiger partial charge in [-0.05, 0) is 5.41 Å². The van der Waals surface area contributed by atoms with E-state index in [9.17, 15) is 0 Å². The van der Waals surface area contributed by atoms with Crippen LogP contribution in [0.15, 0.2) is 0 Å². The van der Waals surface area contributed by atoms with Crippen molar-refractivity contribution in [2.24, 2.45) is 5.41 Å². The van der Waals surface area contributed by atoms with E-state index in [4.69, 9.17) is 0 Å². The van der Waals surface area contributed by atoms with Crippen LogP contribution in [0.25, 0.3) is 0 Å². The molecule has 0 bridgehead atoms. The van der Waals surface area contributed by atoms with E-state index in [-0.39, 0.29) is 9.52 Å². The lowest BCUT2D eigenvalue weighted by Crippen LogP contribution is -2.07. The summed E-state index contributed by atoms with van der Waals surface area (Å²) < 4.78 is 0. The fourth-order valence-electron chi connectivity index (χ4n) is 0.655. The van der Waals surface area contributed by atoms with Gasteiger partial charge in [-0.2, -0.15) is 0 Å². The first-order valence-corrected chi connectivity index (χ1v) is 5.35. The quantitative estimate of drug-likeness (QED) is 0.499. The molecule has 1 radical (unpaired) electrons. The topological polar surface area (TPSA) is 0 Å². The molecule has 0 aromatic carbocycles. The monoisotopic (exact) mass is 129 g/mol. The van der Waals surface area contributed by atoms with Crippen LogP contribution < -0.4 is 0 Å². The van der Waals surface area contributed by atoms with Crippen LogP contribution in [0.2, 0.25) is 12.1 Å². The van der Waals surface area contributed by atoms with E-state index in [1.807, 2.05) is 0 Å². The Hall–Kier alpha value is 0.217. The number of rotatable bonds is 2. The third kappa shape index (κ3) is 6.22. The molecule has 0 aromatic rings. The standard InChI is InChI=1S/C7H17Si/c1-5-8-6-7(2,3)4/h1,5-6,8H2,2-4H3. The summed E-state index contributed by atoms with van der Waals surface area (Å²) in [5, 5.41) is 0. The van der Waals surface area contributed by atoms with Gasteiger partial charge >= 0.3 is 0 Å². The van der Waals surface area contributed by atoms with E-state index < -0.39 is 0 Å². The van der Waals surface area contributed by atoms with Crippen molar-refractivity contribution in [3.8, 4) is 0 Å². The van der Waals surface area contributed by atoms with Crippen molar-refractivity contribution in [2.75, 3.05) is 0 Å². The molecule has 0 aliphatic rings. The fourth-order valence-corrected chi connectivity index (χ4v) is 1.97. The molecule has 0 saturated heterocycles. The molecule has 0 N–H and O–H groups in total. The highest BCUT2D eigenvalue weighted by atomic mass is 28.2. The summed E-state index contributed by atoms with van der Waals surface area (Å²) in [7, 11) is 0.206. The van der Waals surface area contributed by atoms with Gasteiger partial charge in [-0.1, -0.05) is 39.8 Å². The Kier molecular flexibility index (Phi) is 3.37. The Morgan fingerprint density at radius 3 is 2.00 bits per heavy atom. The van der Waals surface area contributed by atoms with Gasteiger partial charge in [0.2, 0.25) is 0 Å². The molecular weight excluding hydrogens is 112 g/mol. The average Bonchev–Trinajstić information content (AvgIpc) is 1.59. The van der Waals surface area contributed by atoms with Gasteiger partial charge in [0.05, 0.1) is 0 Å². The Morgan fingerprint density at radius 1 is 1.38 bits per heavy atom. The maximum absolute atomic E-state index is 3.85. The second-order valence-corrected chi connectivity index (χ2v) is 5.43. The normalized spacial score (nSPS) is 13.5. The van der Waals surface area contributed by atoms with Crippen LogP contribution in [0.3, 0.4) is 0 Å². The van der Waals surface area contributed by atoms with Crippen molar-refractivity contribution in [3.63, 3.8) is 0 Å². The molecule has 0 heterocycles. The lowest BCUT2D eigenvalue weighted by molar-refractivity contribution is 0.467. The molecule has 0 amide bonds. The molecule has 8 heavy (non-hydrogen) atoms. The van der Waals surface area contributed by atoms with Crippen molar-refractivity contribution < 1.29 is 0 Å². The predicted octanol–water partition coefficient (Wildman–Crippen LogP) is 1.87. The zero-order valence-electron chi connectivity index (χ0n) is 6.33. The third-order valence-electron chi connectivity index (χ3n) is 1.18. The van der Waals surface area contributed by atoms with E-state index in [2.05, 4.69) is 27.7 Å². The van der Waals surface area contributed by atoms with E-state index in [1.54, 1.807) is 0 Å². The summed E-state index contributed by atoms with van der Waals surface area (Å²) in [5.41, 5.74) is 0.573. The van der Waals surface area contributed by atoms with Gasteiger partial charge in [0.15, 0.2) is 0 Å². The van der Waals surface area contributed by atoms with Crippen LogP contribution in [0, 0.1) is 12.3 Å². The van der Waals surface area contributed by atoms with E-state index >= 15 is 0 Å². The zero-order chi connectivity index (χ0) is 6.62. The van der Waals surface area contributed by atoms with Gasteiger partial charge in [-0.3, -0.25) is 0 Å². The second-order valence-electron chi connectivity index (χ2n) is 3.52. The molecule has 0 atom stereocenters. The molecule has 1 heteroatoms. The van der Waals surface area contributed by atoms with Crippen LogP contribution in [0.4, 0.5) is 0 Å². The Balaban J connectivity index is 3.11. The van der Waals surface area contributed by atoms with E-state index in [0.29, 0.717) is 5.41 Å². The van der Waals surface area contributed by atoms with Crippen molar-refractivity contribution >= 4 is 9.52 Å². The number of hydrogen-bond donors (Lipinski definition) is 0. The predicted molar refractivity (Wildman–Crippen MR) is 43.0 cm³/mol. The van der Waals surface area contributed by atoms with E-state index in [0.717, 1.165) is 0 Å². The van der Waals surface area contributed by atoms with Crippen LogP contribution in [0.5, 0.6) is 0 Å². The van der Waals surface area contributed by atoms with Crippen LogP contribution in [-0.4, -0.2) is 9.52 Å². The first-order valence-electron chi connectivity index (χ1n) is 3.35. The van der Waals surface area contributed by atoms with Gasteiger partial charge in [0.25, 0.3) is 0 Å². The molecule has 0 rings (SSSR count). The first kappa shape index (κ1) is 8.22. The SMILES string of the molecule is [CH2]C[SiH2]CC(C)(C)C. The average molecular weight is 129 g/mol. The largest absolute Gasteiger partial charge is 0.0628 e. The third-order valence-corrected chi connectivity index (χ3v) is 3.53. The summed E-state index contributed by atoms with van der Waals surface area (Å²) in [5.74, 6) is 0. The van der Waals surface area contributed by atoms with Crippen LogP contribution >= 0.6 is 0 Å². The van der Waals surface area contributed by atoms with Gasteiger partial charge < -0.3 is 0 Å². The molecule has 0 aromatic heterocycles. The van der Waals surface area contributed by atoms with Crippen LogP contribution in [0.1, 0.15) is 20.8 Å². The minimum Gasteiger partial charge on any atom is -0.0628 e. The zero-order valence-corrected chi connectivity index (χ0v) is 7.74. The maximum Gasteiger partial charge on any atom is 0.0203 e. The minimum absolute atomic E-state index is 0.206. The molecule has 0 aliphatic carbocycles. The number of hydrogen-bond acceptors (Lipinski definition) is 0. The highest BCUT2D eigenvalue weighted by Crippen LogP contribution is 2.18.